The van der Waals surface area contributed by atoms with Crippen molar-refractivity contribution in [3.05, 3.63) is 100 Å². The van der Waals surface area contributed by atoms with Crippen molar-refractivity contribution in [1.82, 2.24) is 4.98 Å². The third-order valence-corrected chi connectivity index (χ3v) is 6.31. The van der Waals surface area contributed by atoms with E-state index in [4.69, 9.17) is 0 Å². The van der Waals surface area contributed by atoms with E-state index in [1.165, 1.54) is 23.5 Å². The molecule has 0 spiro atoms. The van der Waals surface area contributed by atoms with Crippen LogP contribution in [0.2, 0.25) is 0 Å². The zero-order valence-electron chi connectivity index (χ0n) is 17.1. The molecule has 1 heterocycles. The first-order valence-electron chi connectivity index (χ1n) is 9.82. The molecule has 7 heteroatoms. The van der Waals surface area contributed by atoms with Gasteiger partial charge in [-0.15, -0.1) is 0 Å². The van der Waals surface area contributed by atoms with Crippen LogP contribution in [0.15, 0.2) is 78.9 Å². The predicted octanol–water partition coefficient (Wildman–Crippen LogP) is 6.00. The number of hydrogen-bond acceptors (Lipinski definition) is 5. The highest BCUT2D eigenvalue weighted by atomic mass is 32.1. The Labute approximate surface area is 183 Å². The summed E-state index contributed by atoms with van der Waals surface area (Å²) in [6.07, 6.45) is 0. The van der Waals surface area contributed by atoms with E-state index in [0.29, 0.717) is 15.3 Å². The molecule has 1 N–H and O–H groups in total. The second-order valence-electron chi connectivity index (χ2n) is 7.86. The molecule has 0 saturated carbocycles. The zero-order valence-corrected chi connectivity index (χ0v) is 17.9. The standard InChI is InChI=1S/C24H21N3O3S/c1-24(2,21(16-9-5-3-6-10-16)17-11-7-4-8-12-17)22(28)26-23-25-19-14-13-18(27(29)30)15-20(19)31-23/h3-15,21H,1-2H3,(H,25,26,28). The van der Waals surface area contributed by atoms with E-state index in [9.17, 15) is 14.9 Å². The van der Waals surface area contributed by atoms with Crippen LogP contribution in [-0.4, -0.2) is 15.8 Å². The summed E-state index contributed by atoms with van der Waals surface area (Å²) in [7, 11) is 0. The number of thiazole rings is 1. The molecule has 0 unspecified atom stereocenters. The number of nitrogens with zero attached hydrogens (tertiary/aromatic N) is 2. The van der Waals surface area contributed by atoms with Gasteiger partial charge in [0.1, 0.15) is 0 Å². The minimum Gasteiger partial charge on any atom is -0.301 e. The minimum atomic E-state index is -0.785. The number of amides is 1. The number of nitrogens with one attached hydrogen (secondary N) is 1. The fourth-order valence-corrected chi connectivity index (χ4v) is 4.68. The quantitative estimate of drug-likeness (QED) is 0.300. The molecule has 31 heavy (non-hydrogen) atoms. The van der Waals surface area contributed by atoms with E-state index in [1.807, 2.05) is 74.5 Å². The van der Waals surface area contributed by atoms with E-state index in [2.05, 4.69) is 10.3 Å². The number of rotatable bonds is 6. The fraction of sp³-hybridized carbons (Fsp3) is 0.167. The molecule has 0 aliphatic carbocycles. The molecule has 1 aromatic heterocycles. The summed E-state index contributed by atoms with van der Waals surface area (Å²) in [5, 5.41) is 14.4. The normalized spacial score (nSPS) is 11.6. The van der Waals surface area contributed by atoms with Crippen LogP contribution in [0.3, 0.4) is 0 Å². The lowest BCUT2D eigenvalue weighted by Crippen LogP contribution is -2.37. The van der Waals surface area contributed by atoms with E-state index < -0.39 is 10.3 Å². The number of carbonyl (C=O) groups is 1. The summed E-state index contributed by atoms with van der Waals surface area (Å²) in [4.78, 5) is 28.4. The summed E-state index contributed by atoms with van der Waals surface area (Å²) in [6, 6.07) is 24.4. The van der Waals surface area contributed by atoms with E-state index in [0.717, 1.165) is 11.1 Å². The molecule has 4 rings (SSSR count). The summed E-state index contributed by atoms with van der Waals surface area (Å²) in [6.45, 7) is 3.84. The lowest BCUT2D eigenvalue weighted by molar-refractivity contribution is -0.384. The highest BCUT2D eigenvalue weighted by molar-refractivity contribution is 7.22. The van der Waals surface area contributed by atoms with Gasteiger partial charge in [0.25, 0.3) is 5.69 Å². The van der Waals surface area contributed by atoms with Gasteiger partial charge in [-0.1, -0.05) is 85.8 Å². The molecule has 1 amide bonds. The van der Waals surface area contributed by atoms with E-state index >= 15 is 0 Å². The first-order valence-corrected chi connectivity index (χ1v) is 10.6. The van der Waals surface area contributed by atoms with Crippen LogP contribution in [0.25, 0.3) is 10.2 Å². The molecule has 6 nitrogen and oxygen atoms in total. The largest absolute Gasteiger partial charge is 0.301 e. The second-order valence-corrected chi connectivity index (χ2v) is 8.89. The van der Waals surface area contributed by atoms with Crippen LogP contribution in [-0.2, 0) is 4.79 Å². The van der Waals surface area contributed by atoms with Gasteiger partial charge in [0.2, 0.25) is 5.91 Å². The Morgan fingerprint density at radius 2 is 1.58 bits per heavy atom. The first kappa shape index (κ1) is 20.7. The molecule has 0 aliphatic rings. The van der Waals surface area contributed by atoms with Gasteiger partial charge in [0.15, 0.2) is 5.13 Å². The molecular formula is C24H21N3O3S. The van der Waals surface area contributed by atoms with Crippen molar-refractivity contribution in [3.8, 4) is 0 Å². The molecule has 0 bridgehead atoms. The average Bonchev–Trinajstić information content (AvgIpc) is 3.16. The maximum atomic E-state index is 13.4. The molecule has 3 aromatic carbocycles. The molecule has 4 aromatic rings. The maximum Gasteiger partial charge on any atom is 0.270 e. The topological polar surface area (TPSA) is 85.1 Å². The summed E-state index contributed by atoms with van der Waals surface area (Å²) < 4.78 is 0.657. The summed E-state index contributed by atoms with van der Waals surface area (Å²) >= 11 is 1.23. The highest BCUT2D eigenvalue weighted by Crippen LogP contribution is 2.42. The Morgan fingerprint density at radius 1 is 1.00 bits per heavy atom. The van der Waals surface area contributed by atoms with Crippen LogP contribution < -0.4 is 5.32 Å². The lowest BCUT2D eigenvalue weighted by atomic mass is 9.70. The third-order valence-electron chi connectivity index (χ3n) is 5.38. The number of nitro benzene ring substituents is 1. The molecule has 0 radical (unpaired) electrons. The Morgan fingerprint density at radius 3 is 2.13 bits per heavy atom. The van der Waals surface area contributed by atoms with Gasteiger partial charge < -0.3 is 5.32 Å². The number of anilines is 1. The molecule has 156 valence electrons. The summed E-state index contributed by atoms with van der Waals surface area (Å²) in [5.74, 6) is -0.330. The second kappa shape index (κ2) is 8.28. The Bertz CT molecular complexity index is 1200. The molecule has 0 atom stereocenters. The van der Waals surface area contributed by atoms with Crippen molar-refractivity contribution in [2.45, 2.75) is 19.8 Å². The van der Waals surface area contributed by atoms with Gasteiger partial charge in [0.05, 0.1) is 20.6 Å². The minimum absolute atomic E-state index is 0.00238. The number of non-ortho nitro benzene ring substituents is 1. The fourth-order valence-electron chi connectivity index (χ4n) is 3.79. The van der Waals surface area contributed by atoms with Gasteiger partial charge in [-0.25, -0.2) is 4.98 Å². The van der Waals surface area contributed by atoms with Crippen molar-refractivity contribution < 1.29 is 9.72 Å². The molecule has 0 fully saturated rings. The number of carbonyl (C=O) groups excluding carboxylic acids is 1. The van der Waals surface area contributed by atoms with Gasteiger partial charge in [0, 0.05) is 18.1 Å². The van der Waals surface area contributed by atoms with Gasteiger partial charge in [-0.2, -0.15) is 0 Å². The van der Waals surface area contributed by atoms with Crippen LogP contribution in [0.4, 0.5) is 10.8 Å². The van der Waals surface area contributed by atoms with Crippen LogP contribution >= 0.6 is 11.3 Å². The van der Waals surface area contributed by atoms with Crippen LogP contribution in [0.5, 0.6) is 0 Å². The van der Waals surface area contributed by atoms with Crippen molar-refractivity contribution >= 4 is 38.3 Å². The van der Waals surface area contributed by atoms with Gasteiger partial charge in [-0.3, -0.25) is 14.9 Å². The third kappa shape index (κ3) is 4.18. The number of hydrogen-bond donors (Lipinski definition) is 1. The van der Waals surface area contributed by atoms with Crippen molar-refractivity contribution in [2.24, 2.45) is 5.41 Å². The molecule has 0 aliphatic heterocycles. The first-order chi connectivity index (χ1) is 14.9. The monoisotopic (exact) mass is 431 g/mol. The predicted molar refractivity (Wildman–Crippen MR) is 123 cm³/mol. The number of benzene rings is 3. The van der Waals surface area contributed by atoms with Crippen molar-refractivity contribution in [2.75, 3.05) is 5.32 Å². The van der Waals surface area contributed by atoms with Gasteiger partial charge in [-0.05, 0) is 17.2 Å². The summed E-state index contributed by atoms with van der Waals surface area (Å²) in [5.41, 5.74) is 1.93. The zero-order chi connectivity index (χ0) is 22.0. The maximum absolute atomic E-state index is 13.4. The molecule has 0 saturated heterocycles. The van der Waals surface area contributed by atoms with E-state index in [1.54, 1.807) is 6.07 Å². The van der Waals surface area contributed by atoms with Crippen LogP contribution in [0.1, 0.15) is 30.9 Å². The number of nitro groups is 1. The average molecular weight is 432 g/mol. The Hall–Kier alpha value is -3.58. The van der Waals surface area contributed by atoms with Crippen molar-refractivity contribution in [3.63, 3.8) is 0 Å². The number of aromatic nitrogens is 1. The van der Waals surface area contributed by atoms with Gasteiger partial charge >= 0.3 is 0 Å². The molecular weight excluding hydrogens is 410 g/mol. The Balaban J connectivity index is 1.67. The number of fused-ring (bicyclic) bond motifs is 1. The van der Waals surface area contributed by atoms with E-state index in [-0.39, 0.29) is 17.5 Å². The Kier molecular flexibility index (Phi) is 5.52. The smallest absolute Gasteiger partial charge is 0.270 e. The highest BCUT2D eigenvalue weighted by Gasteiger charge is 2.39. The lowest BCUT2D eigenvalue weighted by Gasteiger charge is -2.33. The van der Waals surface area contributed by atoms with Crippen LogP contribution in [0, 0.1) is 15.5 Å². The van der Waals surface area contributed by atoms with Crippen molar-refractivity contribution in [1.29, 1.82) is 0 Å². The SMILES string of the molecule is CC(C)(C(=O)Nc1nc2ccc([N+](=O)[O-])cc2s1)C(c1ccccc1)c1ccccc1.